The molecule has 0 spiro atoms. The summed E-state index contributed by atoms with van der Waals surface area (Å²) >= 11 is 0. The lowest BCUT2D eigenvalue weighted by atomic mass is 9.95. The SMILES string of the molecule is Cl.Fc1ccccc1CNC1CC2CCC1C2. The van der Waals surface area contributed by atoms with Gasteiger partial charge in [-0.3, -0.25) is 0 Å². The highest BCUT2D eigenvalue weighted by Crippen LogP contribution is 2.44. The largest absolute Gasteiger partial charge is 0.310 e. The monoisotopic (exact) mass is 255 g/mol. The third-order valence-electron chi connectivity index (χ3n) is 4.25. The molecule has 2 aliphatic carbocycles. The van der Waals surface area contributed by atoms with E-state index in [2.05, 4.69) is 5.32 Å². The number of nitrogens with one attached hydrogen (secondary N) is 1. The summed E-state index contributed by atoms with van der Waals surface area (Å²) < 4.78 is 13.4. The molecule has 1 aromatic rings. The topological polar surface area (TPSA) is 12.0 Å². The van der Waals surface area contributed by atoms with Gasteiger partial charge >= 0.3 is 0 Å². The van der Waals surface area contributed by atoms with Crippen molar-refractivity contribution in [1.29, 1.82) is 0 Å². The molecular weight excluding hydrogens is 237 g/mol. The number of hydrogen-bond donors (Lipinski definition) is 1. The Morgan fingerprint density at radius 2 is 2.00 bits per heavy atom. The highest BCUT2D eigenvalue weighted by molar-refractivity contribution is 5.85. The van der Waals surface area contributed by atoms with Crippen LogP contribution in [0.3, 0.4) is 0 Å². The van der Waals surface area contributed by atoms with Crippen LogP contribution in [0.1, 0.15) is 31.2 Å². The van der Waals surface area contributed by atoms with Crippen LogP contribution in [0.5, 0.6) is 0 Å². The zero-order valence-electron chi connectivity index (χ0n) is 9.86. The molecule has 1 aromatic carbocycles. The number of fused-ring (bicyclic) bond motifs is 2. The van der Waals surface area contributed by atoms with Crippen LogP contribution in [-0.4, -0.2) is 6.04 Å². The lowest BCUT2D eigenvalue weighted by molar-refractivity contribution is 0.349. The van der Waals surface area contributed by atoms with Gasteiger partial charge < -0.3 is 5.32 Å². The number of hydrogen-bond acceptors (Lipinski definition) is 1. The fraction of sp³-hybridized carbons (Fsp3) is 0.571. The Morgan fingerprint density at radius 1 is 1.18 bits per heavy atom. The van der Waals surface area contributed by atoms with Gasteiger partial charge in [0.15, 0.2) is 0 Å². The van der Waals surface area contributed by atoms with Crippen molar-refractivity contribution in [3.8, 4) is 0 Å². The summed E-state index contributed by atoms with van der Waals surface area (Å²) in [6, 6.07) is 7.70. The van der Waals surface area contributed by atoms with E-state index in [1.807, 2.05) is 12.1 Å². The maximum atomic E-state index is 13.4. The third kappa shape index (κ3) is 2.63. The van der Waals surface area contributed by atoms with Crippen molar-refractivity contribution in [2.24, 2.45) is 11.8 Å². The highest BCUT2D eigenvalue weighted by atomic mass is 35.5. The van der Waals surface area contributed by atoms with Gasteiger partial charge in [0.05, 0.1) is 0 Å². The first-order valence-corrected chi connectivity index (χ1v) is 6.29. The van der Waals surface area contributed by atoms with Crippen LogP contribution >= 0.6 is 12.4 Å². The molecule has 0 aliphatic heterocycles. The van der Waals surface area contributed by atoms with E-state index >= 15 is 0 Å². The van der Waals surface area contributed by atoms with E-state index in [0.29, 0.717) is 12.6 Å². The van der Waals surface area contributed by atoms with Gasteiger partial charge in [0, 0.05) is 18.2 Å². The second-order valence-corrected chi connectivity index (χ2v) is 5.25. The lowest BCUT2D eigenvalue weighted by Gasteiger charge is -2.23. The van der Waals surface area contributed by atoms with E-state index in [1.54, 1.807) is 6.07 Å². The minimum absolute atomic E-state index is 0. The zero-order chi connectivity index (χ0) is 11.0. The van der Waals surface area contributed by atoms with E-state index in [0.717, 1.165) is 17.4 Å². The van der Waals surface area contributed by atoms with Gasteiger partial charge in [-0.2, -0.15) is 0 Å². The molecule has 2 saturated carbocycles. The van der Waals surface area contributed by atoms with Crippen LogP contribution in [0.15, 0.2) is 24.3 Å². The average Bonchev–Trinajstić information content (AvgIpc) is 2.90. The van der Waals surface area contributed by atoms with Crippen LogP contribution < -0.4 is 5.32 Å². The summed E-state index contributed by atoms with van der Waals surface area (Å²) in [7, 11) is 0. The molecule has 94 valence electrons. The molecule has 0 heterocycles. The molecule has 2 fully saturated rings. The molecule has 0 saturated heterocycles. The van der Waals surface area contributed by atoms with Gasteiger partial charge in [-0.25, -0.2) is 4.39 Å². The Bertz CT molecular complexity index is 382. The first-order valence-electron chi connectivity index (χ1n) is 6.29. The fourth-order valence-corrected chi connectivity index (χ4v) is 3.38. The minimum atomic E-state index is -0.0850. The molecule has 3 heteroatoms. The normalized spacial score (nSPS) is 30.3. The van der Waals surface area contributed by atoms with E-state index in [4.69, 9.17) is 0 Å². The van der Waals surface area contributed by atoms with Crippen LogP contribution in [0.4, 0.5) is 4.39 Å². The van der Waals surface area contributed by atoms with Crippen LogP contribution in [0.2, 0.25) is 0 Å². The Labute approximate surface area is 108 Å². The third-order valence-corrected chi connectivity index (χ3v) is 4.25. The fourth-order valence-electron chi connectivity index (χ4n) is 3.38. The van der Waals surface area contributed by atoms with Gasteiger partial charge in [-0.15, -0.1) is 12.4 Å². The summed E-state index contributed by atoms with van der Waals surface area (Å²) in [5, 5.41) is 3.53. The van der Waals surface area contributed by atoms with Gasteiger partial charge in [-0.05, 0) is 37.2 Å². The molecule has 2 aliphatic rings. The second-order valence-electron chi connectivity index (χ2n) is 5.25. The first-order chi connectivity index (χ1) is 7.83. The molecule has 3 unspecified atom stereocenters. The Balaban J connectivity index is 0.00000108. The van der Waals surface area contributed by atoms with Gasteiger partial charge in [0.1, 0.15) is 5.82 Å². The maximum Gasteiger partial charge on any atom is 0.127 e. The van der Waals surface area contributed by atoms with E-state index in [1.165, 1.54) is 31.7 Å². The van der Waals surface area contributed by atoms with Crippen molar-refractivity contribution in [1.82, 2.24) is 5.32 Å². The smallest absolute Gasteiger partial charge is 0.127 e. The second kappa shape index (κ2) is 5.36. The first kappa shape index (κ1) is 12.8. The molecule has 0 radical (unpaired) electrons. The molecule has 1 nitrogen and oxygen atoms in total. The summed E-state index contributed by atoms with van der Waals surface area (Å²) in [5.74, 6) is 1.72. The van der Waals surface area contributed by atoms with E-state index < -0.39 is 0 Å². The Hall–Kier alpha value is -0.600. The molecule has 2 bridgehead atoms. The average molecular weight is 256 g/mol. The minimum Gasteiger partial charge on any atom is -0.310 e. The van der Waals surface area contributed by atoms with Crippen molar-refractivity contribution < 1.29 is 4.39 Å². The molecular formula is C14H19ClFN. The van der Waals surface area contributed by atoms with Crippen molar-refractivity contribution >= 4 is 12.4 Å². The molecule has 3 rings (SSSR count). The van der Waals surface area contributed by atoms with Gasteiger partial charge in [-0.1, -0.05) is 24.6 Å². The molecule has 1 N–H and O–H groups in total. The van der Waals surface area contributed by atoms with Crippen molar-refractivity contribution in [2.45, 2.75) is 38.3 Å². The Morgan fingerprint density at radius 3 is 2.65 bits per heavy atom. The summed E-state index contributed by atoms with van der Waals surface area (Å²) in [6.07, 6.45) is 5.50. The van der Waals surface area contributed by atoms with Crippen LogP contribution in [-0.2, 0) is 6.54 Å². The van der Waals surface area contributed by atoms with E-state index in [9.17, 15) is 4.39 Å². The van der Waals surface area contributed by atoms with Crippen LogP contribution in [0.25, 0.3) is 0 Å². The number of halogens is 2. The lowest BCUT2D eigenvalue weighted by Crippen LogP contribution is -2.33. The molecule has 3 atom stereocenters. The van der Waals surface area contributed by atoms with Crippen molar-refractivity contribution in [2.75, 3.05) is 0 Å². The quantitative estimate of drug-likeness (QED) is 0.871. The summed E-state index contributed by atoms with van der Waals surface area (Å²) in [5.41, 5.74) is 0.797. The predicted molar refractivity (Wildman–Crippen MR) is 69.7 cm³/mol. The summed E-state index contributed by atoms with van der Waals surface area (Å²) in [4.78, 5) is 0. The highest BCUT2D eigenvalue weighted by Gasteiger charge is 2.38. The van der Waals surface area contributed by atoms with Crippen LogP contribution in [0, 0.1) is 17.7 Å². The predicted octanol–water partition coefficient (Wildman–Crippen LogP) is 3.53. The standard InChI is InChI=1S/C14H18FN.ClH/c15-13-4-2-1-3-12(13)9-16-14-8-10-5-6-11(14)7-10;/h1-4,10-11,14,16H,5-9H2;1H. The molecule has 0 amide bonds. The Kier molecular flexibility index (Phi) is 4.05. The number of rotatable bonds is 3. The summed E-state index contributed by atoms with van der Waals surface area (Å²) in [6.45, 7) is 0.681. The van der Waals surface area contributed by atoms with Gasteiger partial charge in [0.25, 0.3) is 0 Å². The molecule has 0 aromatic heterocycles. The molecule has 17 heavy (non-hydrogen) atoms. The van der Waals surface area contributed by atoms with Crippen molar-refractivity contribution in [3.63, 3.8) is 0 Å². The van der Waals surface area contributed by atoms with Crippen molar-refractivity contribution in [3.05, 3.63) is 35.6 Å². The van der Waals surface area contributed by atoms with Gasteiger partial charge in [0.2, 0.25) is 0 Å². The maximum absolute atomic E-state index is 13.4. The number of benzene rings is 1. The zero-order valence-corrected chi connectivity index (χ0v) is 10.7. The van der Waals surface area contributed by atoms with E-state index in [-0.39, 0.29) is 18.2 Å².